The van der Waals surface area contributed by atoms with Crippen molar-refractivity contribution in [3.8, 4) is 11.5 Å². The van der Waals surface area contributed by atoms with Crippen LogP contribution in [0.25, 0.3) is 0 Å². The maximum absolute atomic E-state index is 10.2. The van der Waals surface area contributed by atoms with E-state index in [1.165, 1.54) is 17.5 Å². The first-order valence-electron chi connectivity index (χ1n) is 11.4. The molecule has 0 unspecified atom stereocenters. The minimum Gasteiger partial charge on any atom is -0.497 e. The van der Waals surface area contributed by atoms with Crippen molar-refractivity contribution in [1.82, 2.24) is 4.90 Å². The molecule has 1 aliphatic rings. The van der Waals surface area contributed by atoms with Crippen LogP contribution in [0.3, 0.4) is 0 Å². The Bertz CT molecular complexity index is 709. The number of aliphatic hydroxyl groups excluding tert-OH is 2. The normalized spacial score (nSPS) is 19.8. The van der Waals surface area contributed by atoms with Crippen molar-refractivity contribution in [2.45, 2.75) is 63.1 Å². The summed E-state index contributed by atoms with van der Waals surface area (Å²) in [6, 6.07) is 17.5. The fraction of sp³-hybridized carbons (Fsp3) is 0.538. The molecule has 178 valence electrons. The van der Waals surface area contributed by atoms with E-state index in [0.717, 1.165) is 50.0 Å². The summed E-state index contributed by atoms with van der Waals surface area (Å²) in [4.78, 5) is 2.47. The molecule has 3 rings (SSSR count). The molecule has 1 heterocycles. The molecule has 0 radical (unpaired) electrons. The maximum atomic E-state index is 10.2. The first-order chi connectivity index (χ1) is 15.1. The number of piperidine rings is 1. The Labute approximate surface area is 198 Å². The number of nitrogens with zero attached hydrogens (tertiary/aromatic N) is 1. The van der Waals surface area contributed by atoms with Crippen LogP contribution < -0.4 is 9.47 Å². The monoisotopic (exact) mass is 463 g/mol. The Morgan fingerprint density at radius 2 is 1.28 bits per heavy atom. The third-order valence-electron chi connectivity index (χ3n) is 6.50. The van der Waals surface area contributed by atoms with Gasteiger partial charge in [0.1, 0.15) is 11.5 Å². The van der Waals surface area contributed by atoms with E-state index in [1.54, 1.807) is 14.2 Å². The number of aryl methyl sites for hydroxylation is 2. The lowest BCUT2D eigenvalue weighted by atomic mass is 9.88. The van der Waals surface area contributed by atoms with Crippen LogP contribution in [0.2, 0.25) is 0 Å². The molecule has 0 saturated carbocycles. The lowest BCUT2D eigenvalue weighted by Crippen LogP contribution is -2.50. The van der Waals surface area contributed by atoms with Crippen LogP contribution in [0.5, 0.6) is 11.5 Å². The Morgan fingerprint density at radius 1 is 0.844 bits per heavy atom. The topological polar surface area (TPSA) is 62.2 Å². The molecule has 3 atom stereocenters. The molecule has 2 aromatic carbocycles. The van der Waals surface area contributed by atoms with Crippen molar-refractivity contribution >= 4 is 12.4 Å². The fourth-order valence-electron chi connectivity index (χ4n) is 4.69. The van der Waals surface area contributed by atoms with E-state index >= 15 is 0 Å². The summed E-state index contributed by atoms with van der Waals surface area (Å²) in [5.41, 5.74) is 2.62. The van der Waals surface area contributed by atoms with Crippen molar-refractivity contribution in [3.63, 3.8) is 0 Å². The standard InChI is InChI=1S/C26H37NO4.ClH/c1-30-25-14-8-20(9-15-25)6-12-22-4-3-5-23(27(22)18-24(29)19-28)13-7-21-10-16-26(31-2)17-11-21;/h8-11,14-17,22-24,28-29H,3-7,12-13,18-19H2,1-2H3;1H/t22-,23+,24-;/m1./s1. The maximum Gasteiger partial charge on any atom is 0.118 e. The average Bonchev–Trinajstić information content (AvgIpc) is 2.82. The van der Waals surface area contributed by atoms with Gasteiger partial charge in [0.2, 0.25) is 0 Å². The van der Waals surface area contributed by atoms with Gasteiger partial charge in [0, 0.05) is 18.6 Å². The lowest BCUT2D eigenvalue weighted by Gasteiger charge is -2.43. The largest absolute Gasteiger partial charge is 0.497 e. The highest BCUT2D eigenvalue weighted by Crippen LogP contribution is 2.29. The molecule has 1 aliphatic heterocycles. The fourth-order valence-corrected chi connectivity index (χ4v) is 4.69. The summed E-state index contributed by atoms with van der Waals surface area (Å²) in [6.45, 7) is 0.351. The summed E-state index contributed by atoms with van der Waals surface area (Å²) >= 11 is 0. The van der Waals surface area contributed by atoms with Gasteiger partial charge in [-0.3, -0.25) is 4.90 Å². The van der Waals surface area contributed by atoms with Gasteiger partial charge in [0.15, 0.2) is 0 Å². The van der Waals surface area contributed by atoms with Crippen molar-refractivity contribution in [3.05, 3.63) is 59.7 Å². The van der Waals surface area contributed by atoms with Crippen LogP contribution in [-0.2, 0) is 12.8 Å². The second-order valence-corrected chi connectivity index (χ2v) is 8.55. The summed E-state index contributed by atoms with van der Waals surface area (Å²) in [6.07, 6.45) is 6.95. The van der Waals surface area contributed by atoms with E-state index in [4.69, 9.17) is 9.47 Å². The first-order valence-corrected chi connectivity index (χ1v) is 11.4. The Hall–Kier alpha value is -1.79. The van der Waals surface area contributed by atoms with E-state index < -0.39 is 6.10 Å². The number of β-amino-alcohol motifs (C(OH)–C–C–N with tert-alkyl or cyclic N) is 1. The van der Waals surface area contributed by atoms with Gasteiger partial charge in [-0.2, -0.15) is 0 Å². The molecule has 0 bridgehead atoms. The molecule has 1 saturated heterocycles. The Kier molecular flexibility index (Phi) is 11.3. The van der Waals surface area contributed by atoms with Gasteiger partial charge >= 0.3 is 0 Å². The number of likely N-dealkylation sites (tertiary alicyclic amines) is 1. The molecular formula is C26H38ClNO4. The number of hydrogen-bond acceptors (Lipinski definition) is 5. The summed E-state index contributed by atoms with van der Waals surface area (Å²) in [5, 5.41) is 19.7. The Balaban J connectivity index is 0.00000363. The minimum atomic E-state index is -0.690. The zero-order chi connectivity index (χ0) is 22.1. The second kappa shape index (κ2) is 13.7. The Morgan fingerprint density at radius 3 is 1.66 bits per heavy atom. The van der Waals surface area contributed by atoms with Crippen molar-refractivity contribution in [2.24, 2.45) is 0 Å². The van der Waals surface area contributed by atoms with Crippen molar-refractivity contribution in [1.29, 1.82) is 0 Å². The van der Waals surface area contributed by atoms with Gasteiger partial charge in [-0.05, 0) is 73.9 Å². The van der Waals surface area contributed by atoms with Crippen LogP contribution in [-0.4, -0.2) is 60.7 Å². The highest BCUT2D eigenvalue weighted by atomic mass is 35.5. The number of rotatable bonds is 11. The molecular weight excluding hydrogens is 426 g/mol. The number of benzene rings is 2. The van der Waals surface area contributed by atoms with Crippen LogP contribution in [0.4, 0.5) is 0 Å². The molecule has 2 aromatic rings. The van der Waals surface area contributed by atoms with Crippen molar-refractivity contribution < 1.29 is 19.7 Å². The van der Waals surface area contributed by atoms with Gasteiger partial charge in [-0.15, -0.1) is 12.4 Å². The van der Waals surface area contributed by atoms with E-state index in [-0.39, 0.29) is 19.0 Å². The summed E-state index contributed by atoms with van der Waals surface area (Å²) in [5.74, 6) is 1.76. The molecule has 2 N–H and O–H groups in total. The quantitative estimate of drug-likeness (QED) is 0.521. The molecule has 0 aromatic heterocycles. The van der Waals surface area contributed by atoms with E-state index in [9.17, 15) is 10.2 Å². The second-order valence-electron chi connectivity index (χ2n) is 8.55. The number of methoxy groups -OCH3 is 2. The van der Waals surface area contributed by atoms with E-state index in [1.807, 2.05) is 24.3 Å². The molecule has 6 heteroatoms. The molecule has 0 spiro atoms. The smallest absolute Gasteiger partial charge is 0.118 e. The van der Waals surface area contributed by atoms with Gasteiger partial charge in [0.05, 0.1) is 26.9 Å². The number of hydrogen-bond donors (Lipinski definition) is 2. The molecule has 0 amide bonds. The highest BCUT2D eigenvalue weighted by molar-refractivity contribution is 5.85. The number of ether oxygens (including phenoxy) is 2. The van der Waals surface area contributed by atoms with Crippen LogP contribution >= 0.6 is 12.4 Å². The first kappa shape index (κ1) is 26.5. The highest BCUT2D eigenvalue weighted by Gasteiger charge is 2.31. The molecule has 0 aliphatic carbocycles. The molecule has 1 fully saturated rings. The predicted molar refractivity (Wildman–Crippen MR) is 131 cm³/mol. The van der Waals surface area contributed by atoms with Gasteiger partial charge in [-0.25, -0.2) is 0 Å². The third-order valence-corrected chi connectivity index (χ3v) is 6.50. The van der Waals surface area contributed by atoms with E-state index in [2.05, 4.69) is 29.2 Å². The zero-order valence-corrected chi connectivity index (χ0v) is 20.1. The van der Waals surface area contributed by atoms with Gasteiger partial charge < -0.3 is 19.7 Å². The van der Waals surface area contributed by atoms with Crippen LogP contribution in [0, 0.1) is 0 Å². The average molecular weight is 464 g/mol. The summed E-state index contributed by atoms with van der Waals surface area (Å²) < 4.78 is 10.5. The minimum absolute atomic E-state index is 0. The SMILES string of the molecule is COc1ccc(CC[C@H]2CCC[C@@H](CCc3ccc(OC)cc3)N2C[C@@H](O)CO)cc1.Cl. The molecule has 5 nitrogen and oxygen atoms in total. The van der Waals surface area contributed by atoms with E-state index in [0.29, 0.717) is 18.6 Å². The zero-order valence-electron chi connectivity index (χ0n) is 19.3. The lowest BCUT2D eigenvalue weighted by molar-refractivity contribution is 0.00214. The summed E-state index contributed by atoms with van der Waals surface area (Å²) in [7, 11) is 3.38. The van der Waals surface area contributed by atoms with Gasteiger partial charge in [0.25, 0.3) is 0 Å². The third kappa shape index (κ3) is 7.66. The van der Waals surface area contributed by atoms with Crippen molar-refractivity contribution in [2.75, 3.05) is 27.4 Å². The predicted octanol–water partition coefficient (Wildman–Crippen LogP) is 4.27. The number of halogens is 1. The van der Waals surface area contributed by atoms with Gasteiger partial charge in [-0.1, -0.05) is 30.7 Å². The van der Waals surface area contributed by atoms with Crippen LogP contribution in [0.1, 0.15) is 43.2 Å². The van der Waals surface area contributed by atoms with Crippen LogP contribution in [0.15, 0.2) is 48.5 Å². The molecule has 32 heavy (non-hydrogen) atoms. The number of aliphatic hydroxyl groups is 2.